The Labute approximate surface area is 84.6 Å². The van der Waals surface area contributed by atoms with E-state index in [2.05, 4.69) is 0 Å². The second-order valence-electron chi connectivity index (χ2n) is 3.08. The predicted molar refractivity (Wildman–Crippen MR) is 51.9 cm³/mol. The lowest BCUT2D eigenvalue weighted by molar-refractivity contribution is -0.164. The Balaban J connectivity index is 4.20. The van der Waals surface area contributed by atoms with Gasteiger partial charge in [0.05, 0.1) is 0 Å². The molecule has 14 heavy (non-hydrogen) atoms. The molecule has 0 aliphatic carbocycles. The number of ether oxygens (including phenoxy) is 2. The first-order valence-electron chi connectivity index (χ1n) is 4.80. The zero-order chi connectivity index (χ0) is 11.1. The number of esters is 1. The maximum atomic E-state index is 11.4. The van der Waals surface area contributed by atoms with Crippen molar-refractivity contribution in [2.75, 3.05) is 7.11 Å². The molecule has 0 aromatic rings. The van der Waals surface area contributed by atoms with Gasteiger partial charge in [-0.15, -0.1) is 0 Å². The van der Waals surface area contributed by atoms with Gasteiger partial charge in [0.2, 0.25) is 0 Å². The van der Waals surface area contributed by atoms with Crippen LogP contribution in [-0.2, 0) is 19.1 Å². The molecule has 0 rings (SSSR count). The molecule has 0 aromatic carbocycles. The van der Waals surface area contributed by atoms with E-state index >= 15 is 0 Å². The molecular weight excluding hydrogens is 184 g/mol. The van der Waals surface area contributed by atoms with Crippen LogP contribution in [0.25, 0.3) is 0 Å². The number of hydrogen-bond donors (Lipinski definition) is 0. The van der Waals surface area contributed by atoms with Crippen LogP contribution in [0.15, 0.2) is 0 Å². The van der Waals surface area contributed by atoms with Gasteiger partial charge >= 0.3 is 5.97 Å². The fraction of sp³-hybridized carbons (Fsp3) is 0.800. The van der Waals surface area contributed by atoms with E-state index in [1.165, 1.54) is 14.0 Å². The largest absolute Gasteiger partial charge is 0.452 e. The van der Waals surface area contributed by atoms with Gasteiger partial charge in [-0.2, -0.15) is 0 Å². The Hall–Kier alpha value is -0.900. The number of hydrogen-bond acceptors (Lipinski definition) is 4. The third kappa shape index (κ3) is 3.87. The first kappa shape index (κ1) is 13.1. The number of rotatable bonds is 6. The molecule has 82 valence electrons. The van der Waals surface area contributed by atoms with Crippen molar-refractivity contribution in [1.29, 1.82) is 0 Å². The third-order valence-corrected chi connectivity index (χ3v) is 2.00. The molecule has 4 nitrogen and oxygen atoms in total. The van der Waals surface area contributed by atoms with Crippen LogP contribution in [0.4, 0.5) is 0 Å². The first-order chi connectivity index (χ1) is 6.56. The van der Waals surface area contributed by atoms with Gasteiger partial charge in [-0.1, -0.05) is 13.8 Å². The molecule has 0 aliphatic rings. The van der Waals surface area contributed by atoms with Crippen LogP contribution in [0.5, 0.6) is 0 Å². The fourth-order valence-corrected chi connectivity index (χ4v) is 1.10. The molecule has 2 unspecified atom stereocenters. The molecule has 0 amide bonds. The summed E-state index contributed by atoms with van der Waals surface area (Å²) in [6, 6.07) is 0. The number of ketones is 1. The molecule has 0 heterocycles. The van der Waals surface area contributed by atoms with Crippen LogP contribution in [0.1, 0.15) is 33.6 Å². The normalized spacial score (nSPS) is 14.6. The van der Waals surface area contributed by atoms with Gasteiger partial charge in [-0.25, -0.2) is 4.79 Å². The summed E-state index contributed by atoms with van der Waals surface area (Å²) in [6.45, 7) is 5.03. The Kier molecular flexibility index (Phi) is 6.12. The van der Waals surface area contributed by atoms with Crippen LogP contribution in [-0.4, -0.2) is 31.1 Å². The molecular formula is C10H18O4. The van der Waals surface area contributed by atoms with E-state index in [1.807, 2.05) is 6.92 Å². The van der Waals surface area contributed by atoms with Crippen LogP contribution in [0, 0.1) is 0 Å². The molecule has 0 aromatic heterocycles. The standard InChI is InChI=1S/C10H18O4/c1-5-8(7(3)11)14-10(12)9(6-2)13-4/h8-9H,5-6H2,1-4H3. The lowest BCUT2D eigenvalue weighted by Crippen LogP contribution is -2.32. The van der Waals surface area contributed by atoms with Crippen LogP contribution in [0.3, 0.4) is 0 Å². The lowest BCUT2D eigenvalue weighted by atomic mass is 10.2. The van der Waals surface area contributed by atoms with E-state index in [4.69, 9.17) is 9.47 Å². The minimum absolute atomic E-state index is 0.133. The van der Waals surface area contributed by atoms with E-state index < -0.39 is 18.2 Å². The van der Waals surface area contributed by atoms with E-state index in [9.17, 15) is 9.59 Å². The summed E-state index contributed by atoms with van der Waals surface area (Å²) >= 11 is 0. The van der Waals surface area contributed by atoms with Gasteiger partial charge in [-0.05, 0) is 19.8 Å². The number of carbonyl (C=O) groups excluding carboxylic acids is 2. The zero-order valence-electron chi connectivity index (χ0n) is 9.20. The fourth-order valence-electron chi connectivity index (χ4n) is 1.10. The molecule has 4 heteroatoms. The van der Waals surface area contributed by atoms with E-state index in [0.717, 1.165) is 0 Å². The van der Waals surface area contributed by atoms with Crippen molar-refractivity contribution in [3.63, 3.8) is 0 Å². The summed E-state index contributed by atoms with van der Waals surface area (Å²) in [5, 5.41) is 0. The topological polar surface area (TPSA) is 52.6 Å². The molecule has 0 saturated carbocycles. The summed E-state index contributed by atoms with van der Waals surface area (Å²) < 4.78 is 9.89. The van der Waals surface area contributed by atoms with E-state index in [0.29, 0.717) is 12.8 Å². The van der Waals surface area contributed by atoms with Crippen molar-refractivity contribution in [2.24, 2.45) is 0 Å². The predicted octanol–water partition coefficient (Wildman–Crippen LogP) is 1.32. The van der Waals surface area contributed by atoms with Crippen molar-refractivity contribution >= 4 is 11.8 Å². The summed E-state index contributed by atoms with van der Waals surface area (Å²) in [6.07, 6.45) is -0.152. The molecule has 0 aliphatic heterocycles. The van der Waals surface area contributed by atoms with Crippen molar-refractivity contribution in [2.45, 2.75) is 45.8 Å². The first-order valence-corrected chi connectivity index (χ1v) is 4.80. The summed E-state index contributed by atoms with van der Waals surface area (Å²) in [5.74, 6) is -0.594. The Bertz CT molecular complexity index is 196. The molecule has 0 bridgehead atoms. The van der Waals surface area contributed by atoms with Crippen LogP contribution in [0.2, 0.25) is 0 Å². The van der Waals surface area contributed by atoms with E-state index in [1.54, 1.807) is 6.92 Å². The maximum Gasteiger partial charge on any atom is 0.335 e. The van der Waals surface area contributed by atoms with Crippen molar-refractivity contribution < 1.29 is 19.1 Å². The average molecular weight is 202 g/mol. The highest BCUT2D eigenvalue weighted by atomic mass is 16.6. The van der Waals surface area contributed by atoms with Gasteiger partial charge in [0.1, 0.15) is 0 Å². The SMILES string of the molecule is CCC(OC(=O)C(CC)OC)C(C)=O. The molecule has 0 N–H and O–H groups in total. The van der Waals surface area contributed by atoms with Crippen molar-refractivity contribution in [3.8, 4) is 0 Å². The second-order valence-corrected chi connectivity index (χ2v) is 3.08. The monoisotopic (exact) mass is 202 g/mol. The van der Waals surface area contributed by atoms with Crippen molar-refractivity contribution in [1.82, 2.24) is 0 Å². The van der Waals surface area contributed by atoms with Gasteiger partial charge in [0, 0.05) is 7.11 Å². The minimum atomic E-state index is -0.633. The Morgan fingerprint density at radius 3 is 1.93 bits per heavy atom. The Morgan fingerprint density at radius 1 is 1.14 bits per heavy atom. The molecule has 0 fully saturated rings. The molecule has 0 saturated heterocycles. The van der Waals surface area contributed by atoms with Crippen molar-refractivity contribution in [3.05, 3.63) is 0 Å². The maximum absolute atomic E-state index is 11.4. The highest BCUT2D eigenvalue weighted by Gasteiger charge is 2.23. The number of Topliss-reactive ketones (excluding diaryl/α,β-unsaturated/α-hetero) is 1. The molecule has 0 spiro atoms. The molecule has 0 radical (unpaired) electrons. The second kappa shape index (κ2) is 6.54. The highest BCUT2D eigenvalue weighted by Crippen LogP contribution is 2.05. The van der Waals surface area contributed by atoms with Gasteiger partial charge < -0.3 is 9.47 Å². The third-order valence-electron chi connectivity index (χ3n) is 2.00. The summed E-state index contributed by atoms with van der Waals surface area (Å²) in [5.41, 5.74) is 0. The quantitative estimate of drug-likeness (QED) is 0.609. The van der Waals surface area contributed by atoms with Gasteiger partial charge in [0.15, 0.2) is 18.0 Å². The van der Waals surface area contributed by atoms with E-state index in [-0.39, 0.29) is 5.78 Å². The average Bonchev–Trinajstić information content (AvgIpc) is 2.15. The number of carbonyl (C=O) groups is 2. The summed E-state index contributed by atoms with van der Waals surface area (Å²) in [4.78, 5) is 22.4. The van der Waals surface area contributed by atoms with Crippen LogP contribution < -0.4 is 0 Å². The number of methoxy groups -OCH3 is 1. The van der Waals surface area contributed by atoms with Gasteiger partial charge in [0.25, 0.3) is 0 Å². The van der Waals surface area contributed by atoms with Gasteiger partial charge in [-0.3, -0.25) is 4.79 Å². The summed E-state index contributed by atoms with van der Waals surface area (Å²) in [7, 11) is 1.45. The smallest absolute Gasteiger partial charge is 0.335 e. The van der Waals surface area contributed by atoms with Crippen LogP contribution >= 0.6 is 0 Å². The minimum Gasteiger partial charge on any atom is -0.452 e. The molecule has 2 atom stereocenters. The highest BCUT2D eigenvalue weighted by molar-refractivity contribution is 5.84. The zero-order valence-corrected chi connectivity index (χ0v) is 9.20. The lowest BCUT2D eigenvalue weighted by Gasteiger charge is -2.17. The Morgan fingerprint density at radius 2 is 1.64 bits per heavy atom.